The van der Waals surface area contributed by atoms with Gasteiger partial charge in [0.1, 0.15) is 0 Å². The average Bonchev–Trinajstić information content (AvgIpc) is 3.85. The molecule has 5 nitrogen and oxygen atoms in total. The van der Waals surface area contributed by atoms with Crippen LogP contribution < -0.4 is 0 Å². The number of rotatable bonds is 6. The summed E-state index contributed by atoms with van der Waals surface area (Å²) in [6, 6.07) is 60.9. The Morgan fingerprint density at radius 1 is 0.321 bits per heavy atom. The molecule has 7 heteroatoms. The van der Waals surface area contributed by atoms with E-state index in [2.05, 4.69) is 109 Å². The van der Waals surface area contributed by atoms with Crippen molar-refractivity contribution in [3.8, 4) is 67.9 Å². The first kappa shape index (κ1) is 32.5. The maximum atomic E-state index is 5.32. The molecule has 0 spiro atoms. The SMILES string of the molecule is c1ccc(-c2nc(-c3ccccc3)nc(-c3cccc(-c4ccc5c(c4)sc4cccc(-c6nc(-c7ccccc7)c7sc8ccccc8c7n6)c45)c3)n2)cc1. The first-order valence-electron chi connectivity index (χ1n) is 18.4. The minimum atomic E-state index is 0.636. The van der Waals surface area contributed by atoms with Gasteiger partial charge in [-0.15, -0.1) is 22.7 Å². The van der Waals surface area contributed by atoms with Gasteiger partial charge in [-0.05, 0) is 35.4 Å². The minimum Gasteiger partial charge on any atom is -0.226 e. The highest BCUT2D eigenvalue weighted by molar-refractivity contribution is 7.26. The van der Waals surface area contributed by atoms with Crippen LogP contribution in [-0.2, 0) is 0 Å². The fourth-order valence-corrected chi connectivity index (χ4v) is 9.80. The van der Waals surface area contributed by atoms with Crippen molar-refractivity contribution in [1.82, 2.24) is 24.9 Å². The zero-order chi connectivity index (χ0) is 37.0. The summed E-state index contributed by atoms with van der Waals surface area (Å²) in [6.45, 7) is 0. The van der Waals surface area contributed by atoms with E-state index in [-0.39, 0.29) is 0 Å². The summed E-state index contributed by atoms with van der Waals surface area (Å²) in [5.74, 6) is 2.67. The maximum absolute atomic E-state index is 5.32. The highest BCUT2D eigenvalue weighted by Gasteiger charge is 2.20. The first-order valence-corrected chi connectivity index (χ1v) is 20.0. The highest BCUT2D eigenvalue weighted by atomic mass is 32.1. The second-order valence-corrected chi connectivity index (χ2v) is 15.8. The Kier molecular flexibility index (Phi) is 7.79. The molecule has 4 heterocycles. The first-order chi connectivity index (χ1) is 27.7. The Hall–Kier alpha value is -6.93. The standard InChI is InChI=1S/C49H29N5S2/c1-4-14-30(15-5-1)43-45-44(37-22-10-11-24-39(37)56-45)51-49(50-43)38-23-13-25-40-42(38)36-27-26-34(29-41(36)55-40)33-20-12-21-35(28-33)48-53-46(31-16-6-2-7-17-31)52-47(54-48)32-18-8-3-9-19-32/h1-29H. The number of nitrogens with zero attached hydrogens (tertiary/aromatic N) is 5. The third-order valence-electron chi connectivity index (χ3n) is 10.2. The van der Waals surface area contributed by atoms with Gasteiger partial charge in [0.05, 0.1) is 15.9 Å². The van der Waals surface area contributed by atoms with Gasteiger partial charge < -0.3 is 0 Å². The summed E-state index contributed by atoms with van der Waals surface area (Å²) < 4.78 is 4.74. The fourth-order valence-electron chi connectivity index (χ4n) is 7.47. The number of fused-ring (bicyclic) bond motifs is 6. The van der Waals surface area contributed by atoms with Crippen molar-refractivity contribution >= 4 is 63.1 Å². The van der Waals surface area contributed by atoms with Crippen molar-refractivity contribution in [3.05, 3.63) is 176 Å². The van der Waals surface area contributed by atoms with Crippen molar-refractivity contribution in [2.75, 3.05) is 0 Å². The number of benzene rings is 7. The average molecular weight is 752 g/mol. The van der Waals surface area contributed by atoms with Gasteiger partial charge in [-0.1, -0.05) is 152 Å². The molecule has 56 heavy (non-hydrogen) atoms. The molecule has 0 fully saturated rings. The summed E-state index contributed by atoms with van der Waals surface area (Å²) in [5.41, 5.74) is 9.14. The van der Waals surface area contributed by atoms with Gasteiger partial charge in [-0.25, -0.2) is 24.9 Å². The van der Waals surface area contributed by atoms with Crippen LogP contribution in [0.5, 0.6) is 0 Å². The molecule has 0 bridgehead atoms. The van der Waals surface area contributed by atoms with Gasteiger partial charge in [0, 0.05) is 58.1 Å². The lowest BCUT2D eigenvalue weighted by atomic mass is 10.00. The Bertz CT molecular complexity index is 3190. The molecule has 0 saturated heterocycles. The van der Waals surface area contributed by atoms with Crippen molar-refractivity contribution in [1.29, 1.82) is 0 Å². The normalized spacial score (nSPS) is 11.6. The van der Waals surface area contributed by atoms with E-state index in [1.807, 2.05) is 66.7 Å². The van der Waals surface area contributed by atoms with Gasteiger partial charge in [0.15, 0.2) is 23.3 Å². The molecule has 7 aromatic carbocycles. The predicted molar refractivity (Wildman–Crippen MR) is 234 cm³/mol. The van der Waals surface area contributed by atoms with Crippen LogP contribution >= 0.6 is 22.7 Å². The summed E-state index contributed by atoms with van der Waals surface area (Å²) >= 11 is 3.56. The third-order valence-corrected chi connectivity index (χ3v) is 12.4. The number of hydrogen-bond donors (Lipinski definition) is 0. The van der Waals surface area contributed by atoms with Crippen LogP contribution in [0.4, 0.5) is 0 Å². The summed E-state index contributed by atoms with van der Waals surface area (Å²) in [6.07, 6.45) is 0. The van der Waals surface area contributed by atoms with Gasteiger partial charge in [0.25, 0.3) is 0 Å². The molecule has 0 amide bonds. The zero-order valence-electron chi connectivity index (χ0n) is 29.8. The van der Waals surface area contributed by atoms with E-state index in [0.717, 1.165) is 66.1 Å². The van der Waals surface area contributed by atoms with Crippen molar-refractivity contribution in [3.63, 3.8) is 0 Å². The molecule has 0 N–H and O–H groups in total. The quantitative estimate of drug-likeness (QED) is 0.169. The van der Waals surface area contributed by atoms with Gasteiger partial charge in [-0.2, -0.15) is 0 Å². The topological polar surface area (TPSA) is 64.5 Å². The summed E-state index contributed by atoms with van der Waals surface area (Å²) in [5, 5.41) is 3.53. The molecular formula is C49H29N5S2. The van der Waals surface area contributed by atoms with E-state index in [1.165, 1.54) is 24.9 Å². The molecule has 262 valence electrons. The van der Waals surface area contributed by atoms with Crippen molar-refractivity contribution in [2.45, 2.75) is 0 Å². The summed E-state index contributed by atoms with van der Waals surface area (Å²) in [7, 11) is 0. The van der Waals surface area contributed by atoms with E-state index in [9.17, 15) is 0 Å². The van der Waals surface area contributed by atoms with Crippen LogP contribution in [0.1, 0.15) is 0 Å². The third kappa shape index (κ3) is 5.64. The number of aromatic nitrogens is 5. The van der Waals surface area contributed by atoms with E-state index in [1.54, 1.807) is 22.7 Å². The molecule has 0 atom stereocenters. The Morgan fingerprint density at radius 2 is 0.893 bits per heavy atom. The second-order valence-electron chi connectivity index (χ2n) is 13.6. The van der Waals surface area contributed by atoms with Crippen molar-refractivity contribution in [2.24, 2.45) is 0 Å². The van der Waals surface area contributed by atoms with E-state index in [4.69, 9.17) is 24.9 Å². The number of thiophene rings is 2. The molecular weight excluding hydrogens is 723 g/mol. The van der Waals surface area contributed by atoms with Crippen LogP contribution in [0.2, 0.25) is 0 Å². The van der Waals surface area contributed by atoms with Gasteiger partial charge in [0.2, 0.25) is 0 Å². The molecule has 0 aliphatic rings. The Morgan fingerprint density at radius 3 is 1.62 bits per heavy atom. The molecule has 11 aromatic rings. The molecule has 0 radical (unpaired) electrons. The van der Waals surface area contributed by atoms with Crippen LogP contribution in [0.15, 0.2) is 176 Å². The lowest BCUT2D eigenvalue weighted by molar-refractivity contribution is 1.07. The van der Waals surface area contributed by atoms with Crippen LogP contribution in [0.3, 0.4) is 0 Å². The zero-order valence-corrected chi connectivity index (χ0v) is 31.4. The predicted octanol–water partition coefficient (Wildman–Crippen LogP) is 13.4. The maximum Gasteiger partial charge on any atom is 0.164 e. The van der Waals surface area contributed by atoms with Crippen molar-refractivity contribution < 1.29 is 0 Å². The van der Waals surface area contributed by atoms with Gasteiger partial charge in [-0.3, -0.25) is 0 Å². The van der Waals surface area contributed by atoms with E-state index in [0.29, 0.717) is 17.5 Å². The fraction of sp³-hybridized carbons (Fsp3) is 0. The Labute approximate surface area is 330 Å². The van der Waals surface area contributed by atoms with Crippen LogP contribution in [-0.4, -0.2) is 24.9 Å². The highest BCUT2D eigenvalue weighted by Crippen LogP contribution is 2.44. The lowest BCUT2D eigenvalue weighted by Gasteiger charge is -2.10. The molecule has 4 aromatic heterocycles. The lowest BCUT2D eigenvalue weighted by Crippen LogP contribution is -2.00. The largest absolute Gasteiger partial charge is 0.226 e. The molecule has 0 saturated carbocycles. The minimum absolute atomic E-state index is 0.636. The van der Waals surface area contributed by atoms with Crippen LogP contribution in [0, 0.1) is 0 Å². The molecule has 11 rings (SSSR count). The molecule has 0 aliphatic carbocycles. The van der Waals surface area contributed by atoms with Gasteiger partial charge >= 0.3 is 0 Å². The smallest absolute Gasteiger partial charge is 0.164 e. The molecule has 0 unspecified atom stereocenters. The van der Waals surface area contributed by atoms with E-state index >= 15 is 0 Å². The monoisotopic (exact) mass is 751 g/mol. The van der Waals surface area contributed by atoms with Crippen LogP contribution in [0.25, 0.3) is 108 Å². The summed E-state index contributed by atoms with van der Waals surface area (Å²) in [4.78, 5) is 25.4. The molecule has 0 aliphatic heterocycles. The number of hydrogen-bond acceptors (Lipinski definition) is 7. The second kappa shape index (κ2) is 13.4. The Balaban J connectivity index is 1.03. The van der Waals surface area contributed by atoms with E-state index < -0.39 is 0 Å².